The number of hydrogen-bond donors (Lipinski definition) is 2. The molecular weight excluding hydrogens is 310 g/mol. The summed E-state index contributed by atoms with van der Waals surface area (Å²) in [6, 6.07) is 13.3. The predicted molar refractivity (Wildman–Crippen MR) is 91.9 cm³/mol. The molecule has 3 heterocycles. The van der Waals surface area contributed by atoms with Crippen molar-refractivity contribution in [2.45, 2.75) is 0 Å². The quantitative estimate of drug-likeness (QED) is 0.586. The maximum atomic E-state index is 5.99. The second-order valence-corrected chi connectivity index (χ2v) is 5.48. The summed E-state index contributed by atoms with van der Waals surface area (Å²) in [6.45, 7) is 0. The van der Waals surface area contributed by atoms with Crippen molar-refractivity contribution >= 4 is 34.3 Å². The molecule has 2 N–H and O–H groups in total. The summed E-state index contributed by atoms with van der Waals surface area (Å²) in [6.07, 6.45) is 5.38. The highest BCUT2D eigenvalue weighted by molar-refractivity contribution is 6.30. The molecular formula is C17H12ClN5. The van der Waals surface area contributed by atoms with Gasteiger partial charge in [-0.25, -0.2) is 15.0 Å². The van der Waals surface area contributed by atoms with E-state index in [0.717, 1.165) is 28.0 Å². The van der Waals surface area contributed by atoms with Gasteiger partial charge in [-0.1, -0.05) is 17.7 Å². The molecule has 0 aliphatic carbocycles. The smallest absolute Gasteiger partial charge is 0.227 e. The van der Waals surface area contributed by atoms with Crippen LogP contribution in [0.3, 0.4) is 0 Å². The molecule has 3 aromatic heterocycles. The van der Waals surface area contributed by atoms with Crippen LogP contribution in [-0.2, 0) is 0 Å². The number of halogens is 1. The molecule has 6 heteroatoms. The fourth-order valence-electron chi connectivity index (χ4n) is 2.35. The zero-order chi connectivity index (χ0) is 15.6. The number of anilines is 2. The van der Waals surface area contributed by atoms with Gasteiger partial charge in [-0.2, -0.15) is 0 Å². The monoisotopic (exact) mass is 321 g/mol. The molecule has 0 bridgehead atoms. The van der Waals surface area contributed by atoms with Gasteiger partial charge in [0, 0.05) is 40.3 Å². The molecule has 1 aromatic carbocycles. The topological polar surface area (TPSA) is 66.5 Å². The van der Waals surface area contributed by atoms with E-state index in [-0.39, 0.29) is 0 Å². The van der Waals surface area contributed by atoms with Crippen LogP contribution in [-0.4, -0.2) is 19.9 Å². The molecule has 0 radical (unpaired) electrons. The van der Waals surface area contributed by atoms with Crippen LogP contribution in [0.5, 0.6) is 0 Å². The van der Waals surface area contributed by atoms with E-state index in [9.17, 15) is 0 Å². The molecule has 0 saturated heterocycles. The molecule has 4 aromatic rings. The summed E-state index contributed by atoms with van der Waals surface area (Å²) in [5, 5.41) is 4.86. The van der Waals surface area contributed by atoms with Crippen LogP contribution in [0.4, 0.5) is 11.6 Å². The van der Waals surface area contributed by atoms with Crippen molar-refractivity contribution in [2.75, 3.05) is 5.32 Å². The van der Waals surface area contributed by atoms with Gasteiger partial charge in [0.05, 0.1) is 5.69 Å². The molecule has 0 amide bonds. The second-order valence-electron chi connectivity index (χ2n) is 5.04. The lowest BCUT2D eigenvalue weighted by Crippen LogP contribution is -1.98. The molecule has 0 spiro atoms. The lowest BCUT2D eigenvalue weighted by molar-refractivity contribution is 1.17. The van der Waals surface area contributed by atoms with Crippen LogP contribution in [0, 0.1) is 0 Å². The molecule has 0 fully saturated rings. The molecule has 0 aliphatic heterocycles. The standard InChI is InChI=1S/C17H12ClN5/c18-13-2-1-3-14(9-13)22-17-20-7-5-15(23-17)12-8-11-4-6-19-16(11)21-10-12/h1-10H,(H,19,21)(H,20,22,23). The number of hydrogen-bond acceptors (Lipinski definition) is 4. The third-order valence-corrected chi connectivity index (χ3v) is 3.67. The second kappa shape index (κ2) is 5.70. The maximum absolute atomic E-state index is 5.99. The Morgan fingerprint density at radius 2 is 2.00 bits per heavy atom. The Labute approximate surface area is 137 Å². The molecule has 0 atom stereocenters. The van der Waals surface area contributed by atoms with Crippen molar-refractivity contribution in [2.24, 2.45) is 0 Å². The highest BCUT2D eigenvalue weighted by Crippen LogP contribution is 2.23. The van der Waals surface area contributed by atoms with Crippen LogP contribution in [0.15, 0.2) is 61.1 Å². The van der Waals surface area contributed by atoms with Gasteiger partial charge in [0.1, 0.15) is 5.65 Å². The number of H-pyrrole nitrogens is 1. The number of pyridine rings is 1. The van der Waals surface area contributed by atoms with Crippen molar-refractivity contribution < 1.29 is 0 Å². The lowest BCUT2D eigenvalue weighted by Gasteiger charge is -2.07. The summed E-state index contributed by atoms with van der Waals surface area (Å²) < 4.78 is 0. The first-order valence-corrected chi connectivity index (χ1v) is 7.45. The Balaban J connectivity index is 1.67. The van der Waals surface area contributed by atoms with Crippen LogP contribution >= 0.6 is 11.6 Å². The van der Waals surface area contributed by atoms with E-state index >= 15 is 0 Å². The Kier molecular flexibility index (Phi) is 3.40. The Morgan fingerprint density at radius 3 is 2.91 bits per heavy atom. The molecule has 112 valence electrons. The van der Waals surface area contributed by atoms with E-state index in [1.165, 1.54) is 0 Å². The van der Waals surface area contributed by atoms with E-state index in [4.69, 9.17) is 11.6 Å². The van der Waals surface area contributed by atoms with Gasteiger partial charge in [0.2, 0.25) is 5.95 Å². The number of aromatic amines is 1. The van der Waals surface area contributed by atoms with Gasteiger partial charge in [-0.05, 0) is 36.4 Å². The summed E-state index contributed by atoms with van der Waals surface area (Å²) in [5.74, 6) is 0.513. The van der Waals surface area contributed by atoms with Crippen molar-refractivity contribution in [3.05, 3.63) is 66.1 Å². The number of benzene rings is 1. The average molecular weight is 322 g/mol. The minimum atomic E-state index is 0.513. The first-order valence-electron chi connectivity index (χ1n) is 7.07. The lowest BCUT2D eigenvalue weighted by atomic mass is 10.2. The number of nitrogens with one attached hydrogen (secondary N) is 2. The normalized spacial score (nSPS) is 10.8. The predicted octanol–water partition coefficient (Wildman–Crippen LogP) is 4.42. The summed E-state index contributed by atoms with van der Waals surface area (Å²) in [5.41, 5.74) is 3.45. The third kappa shape index (κ3) is 2.86. The van der Waals surface area contributed by atoms with Gasteiger partial charge in [-0.15, -0.1) is 0 Å². The first kappa shape index (κ1) is 13.7. The number of aromatic nitrogens is 4. The van der Waals surface area contributed by atoms with E-state index in [1.54, 1.807) is 12.4 Å². The minimum absolute atomic E-state index is 0.513. The number of fused-ring (bicyclic) bond motifs is 1. The molecule has 23 heavy (non-hydrogen) atoms. The largest absolute Gasteiger partial charge is 0.346 e. The van der Waals surface area contributed by atoms with Gasteiger partial charge in [0.25, 0.3) is 0 Å². The average Bonchev–Trinajstić information content (AvgIpc) is 3.03. The van der Waals surface area contributed by atoms with Crippen LogP contribution in [0.25, 0.3) is 22.3 Å². The van der Waals surface area contributed by atoms with Gasteiger partial charge < -0.3 is 10.3 Å². The van der Waals surface area contributed by atoms with E-state index in [1.807, 2.05) is 48.7 Å². The maximum Gasteiger partial charge on any atom is 0.227 e. The molecule has 0 saturated carbocycles. The van der Waals surface area contributed by atoms with Gasteiger partial charge in [-0.3, -0.25) is 0 Å². The highest BCUT2D eigenvalue weighted by atomic mass is 35.5. The van der Waals surface area contributed by atoms with Crippen molar-refractivity contribution in [3.63, 3.8) is 0 Å². The van der Waals surface area contributed by atoms with E-state index in [0.29, 0.717) is 11.0 Å². The zero-order valence-corrected chi connectivity index (χ0v) is 12.7. The zero-order valence-electron chi connectivity index (χ0n) is 12.0. The summed E-state index contributed by atoms with van der Waals surface area (Å²) in [7, 11) is 0. The van der Waals surface area contributed by atoms with Gasteiger partial charge in [0.15, 0.2) is 0 Å². The Hall–Kier alpha value is -2.92. The molecule has 5 nitrogen and oxygen atoms in total. The number of rotatable bonds is 3. The fourth-order valence-corrected chi connectivity index (χ4v) is 2.55. The highest BCUT2D eigenvalue weighted by Gasteiger charge is 2.05. The van der Waals surface area contributed by atoms with Crippen molar-refractivity contribution in [1.82, 2.24) is 19.9 Å². The molecule has 0 aliphatic rings. The third-order valence-electron chi connectivity index (χ3n) is 3.43. The molecule has 4 rings (SSSR count). The fraction of sp³-hybridized carbons (Fsp3) is 0. The van der Waals surface area contributed by atoms with E-state index < -0.39 is 0 Å². The Bertz CT molecular complexity index is 979. The van der Waals surface area contributed by atoms with Crippen LogP contribution in [0.2, 0.25) is 5.02 Å². The van der Waals surface area contributed by atoms with Crippen LogP contribution in [0.1, 0.15) is 0 Å². The number of nitrogens with zero attached hydrogens (tertiary/aromatic N) is 3. The summed E-state index contributed by atoms with van der Waals surface area (Å²) >= 11 is 5.99. The first-order chi connectivity index (χ1) is 11.3. The van der Waals surface area contributed by atoms with E-state index in [2.05, 4.69) is 25.3 Å². The van der Waals surface area contributed by atoms with Crippen LogP contribution < -0.4 is 5.32 Å². The Morgan fingerprint density at radius 1 is 1.04 bits per heavy atom. The molecule has 0 unspecified atom stereocenters. The van der Waals surface area contributed by atoms with Crippen molar-refractivity contribution in [1.29, 1.82) is 0 Å². The SMILES string of the molecule is Clc1cccc(Nc2nccc(-c3cnc4[nH]ccc4c3)n2)c1. The van der Waals surface area contributed by atoms with Gasteiger partial charge >= 0.3 is 0 Å². The van der Waals surface area contributed by atoms with Crippen molar-refractivity contribution in [3.8, 4) is 11.3 Å². The summed E-state index contributed by atoms with van der Waals surface area (Å²) in [4.78, 5) is 16.3. The minimum Gasteiger partial charge on any atom is -0.346 e.